The van der Waals surface area contributed by atoms with Gasteiger partial charge >= 0.3 is 0 Å². The normalized spacial score (nSPS) is 12.7. The van der Waals surface area contributed by atoms with Crippen molar-refractivity contribution in [2.24, 2.45) is 11.3 Å². The molecule has 12 aromatic carbocycles. The molecule has 18 rings (SSSR count). The summed E-state index contributed by atoms with van der Waals surface area (Å²) in [5.41, 5.74) is 32.9. The van der Waals surface area contributed by atoms with Gasteiger partial charge in [-0.15, -0.1) is 140 Å². The predicted octanol–water partition coefficient (Wildman–Crippen LogP) is 34.0. The number of nitrogens with zero attached hydrogens (tertiary/aromatic N) is 4. The second-order valence-electron chi connectivity index (χ2n) is 39.9. The average molecular weight is 2680 g/mol. The van der Waals surface area contributed by atoms with Crippen LogP contribution >= 0.6 is 0 Å². The van der Waals surface area contributed by atoms with Gasteiger partial charge in [0.1, 0.15) is 23.0 Å². The molecule has 4 radical (unpaired) electrons. The van der Waals surface area contributed by atoms with Crippen LogP contribution in [0.5, 0.6) is 0 Å². The number of aliphatic hydroxyl groups excluding tert-OH is 4. The number of hydrogen-bond acceptors (Lipinski definition) is 12. The van der Waals surface area contributed by atoms with Gasteiger partial charge in [-0.2, -0.15) is 0 Å². The van der Waals surface area contributed by atoms with Gasteiger partial charge in [0.2, 0.25) is 0 Å². The number of carbonyl (C=O) groups is 4. The van der Waals surface area contributed by atoms with E-state index in [0.717, 1.165) is 125 Å². The van der Waals surface area contributed by atoms with Gasteiger partial charge < -0.3 is 20.4 Å². The number of Topliss-reactive ketones (excluding diaryl/α,β-unsaturated/α-hetero) is 4. The Balaban J connectivity index is 0.000000231. The van der Waals surface area contributed by atoms with E-state index < -0.39 is 0 Å². The van der Waals surface area contributed by atoms with Crippen molar-refractivity contribution in [1.29, 1.82) is 0 Å². The number of benzene rings is 12. The molecule has 2 fully saturated rings. The number of aryl methyl sites for hydroxylation is 8. The minimum absolute atomic E-state index is 0. The monoisotopic (exact) mass is 2680 g/mol. The molecule has 2 aliphatic rings. The Bertz CT molecular complexity index is 6930. The van der Waals surface area contributed by atoms with Gasteiger partial charge in [0.05, 0.1) is 44.4 Å². The van der Waals surface area contributed by atoms with Gasteiger partial charge in [-0.1, -0.05) is 341 Å². The largest absolute Gasteiger partial charge is 0.512 e. The Morgan fingerprint density at radius 1 is 0.297 bits per heavy atom. The first-order valence-electron chi connectivity index (χ1n) is 50.2. The Kier molecular flexibility index (Phi) is 49.1. The number of ketones is 4. The maximum Gasteiger partial charge on any atom is 0.163 e. The van der Waals surface area contributed by atoms with Crippen molar-refractivity contribution in [1.82, 2.24) is 19.9 Å². The summed E-state index contributed by atoms with van der Waals surface area (Å²) in [6.45, 7) is 40.0. The summed E-state index contributed by atoms with van der Waals surface area (Å²) in [6, 6.07) is 112. The van der Waals surface area contributed by atoms with Gasteiger partial charge in [-0.25, -0.2) is 0 Å². The number of aromatic nitrogens is 4. The molecule has 0 unspecified atom stereocenters. The van der Waals surface area contributed by atoms with Gasteiger partial charge in [0.15, 0.2) is 23.1 Å². The molecule has 0 spiro atoms. The third-order valence-corrected chi connectivity index (χ3v) is 25.0. The molecule has 0 atom stereocenters. The molecule has 4 heterocycles. The molecule has 776 valence electrons. The van der Waals surface area contributed by atoms with Gasteiger partial charge in [-0.05, 0) is 230 Å². The third-order valence-electron chi connectivity index (χ3n) is 25.0. The van der Waals surface area contributed by atoms with Gasteiger partial charge in [0.25, 0.3) is 0 Å². The van der Waals surface area contributed by atoms with E-state index in [0.29, 0.717) is 28.2 Å². The van der Waals surface area contributed by atoms with Crippen molar-refractivity contribution in [3.8, 4) is 45.0 Å². The number of fused-ring (bicyclic) bond motifs is 4. The van der Waals surface area contributed by atoms with Crippen LogP contribution in [-0.2, 0) is 112 Å². The van der Waals surface area contributed by atoms with Gasteiger partial charge in [0, 0.05) is 80.4 Å². The molecule has 2 saturated carbocycles. The van der Waals surface area contributed by atoms with Crippen molar-refractivity contribution in [2.45, 2.75) is 228 Å². The van der Waals surface area contributed by atoms with Crippen LogP contribution in [0.2, 0.25) is 0 Å². The number of allylic oxidation sites excluding steroid dienone is 8. The minimum Gasteiger partial charge on any atom is -0.512 e. The summed E-state index contributed by atoms with van der Waals surface area (Å²) >= 11 is 0. The van der Waals surface area contributed by atoms with Crippen LogP contribution in [0.1, 0.15) is 249 Å². The minimum atomic E-state index is -0.119. The fourth-order valence-corrected chi connectivity index (χ4v) is 18.9. The van der Waals surface area contributed by atoms with E-state index in [4.69, 9.17) is 19.9 Å². The van der Waals surface area contributed by atoms with Crippen molar-refractivity contribution in [3.05, 3.63) is 428 Å². The van der Waals surface area contributed by atoms with Crippen LogP contribution in [-0.4, -0.2) is 63.5 Å². The second-order valence-corrected chi connectivity index (χ2v) is 39.9. The first-order valence-corrected chi connectivity index (χ1v) is 50.2. The SMILES string of the molecule is CC(=O)C(=C(C)O)c1ccccc1.CC(=O)C(=C(C)O)c1ccccc1.CC(=O)C(=C(C)O)c1ccccc1.CC(=O)C(=C(C)O)c1ccccc1.Cc1[c-]c(-c2ccc3ccc(C4CCCC4)cc3n2)cc(C)c1.Cc1[c-]c(-c2ccc3ccc(C4CCCCC4)cc3n2)cc(C)c1.Cc1[c-]c(-c2ccc3ccc(CC(C)(C)C)cc3n2)cc(C)c1.Cc1[c-]c(-c2ccc3ccc(CC(C)C)cc3n2)cc(C)c1.[Ir].[Ir].[Ir].[Ir]. The molecule has 4 N–H and O–H groups in total. The summed E-state index contributed by atoms with van der Waals surface area (Å²) in [5, 5.41) is 42.0. The zero-order valence-corrected chi connectivity index (χ0v) is 98.8. The third kappa shape index (κ3) is 37.2. The Labute approximate surface area is 932 Å². The van der Waals surface area contributed by atoms with Crippen LogP contribution in [0.3, 0.4) is 0 Å². The Morgan fingerprint density at radius 2 is 0.527 bits per heavy atom. The van der Waals surface area contributed by atoms with E-state index >= 15 is 0 Å². The zero-order valence-electron chi connectivity index (χ0n) is 89.3. The van der Waals surface area contributed by atoms with Crippen LogP contribution in [0.4, 0.5) is 0 Å². The molecule has 0 saturated heterocycles. The fourth-order valence-electron chi connectivity index (χ4n) is 18.9. The van der Waals surface area contributed by atoms with Crippen LogP contribution in [0, 0.1) is 91.0 Å². The molecular formula is C132H140Ir4N4O8-4. The molecular weight excluding hydrogens is 2540 g/mol. The summed E-state index contributed by atoms with van der Waals surface area (Å²) < 4.78 is 0. The fraction of sp³-hybridized carbons (Fsp3) is 0.273. The quantitative estimate of drug-likeness (QED) is 0.0382. The number of hydrogen-bond donors (Lipinski definition) is 4. The first kappa shape index (κ1) is 123. The average Bonchev–Trinajstić information content (AvgIpc) is 1.05. The summed E-state index contributed by atoms with van der Waals surface area (Å²) in [4.78, 5) is 64.3. The van der Waals surface area contributed by atoms with E-state index in [9.17, 15) is 39.6 Å². The molecule has 0 aliphatic heterocycles. The van der Waals surface area contributed by atoms with E-state index in [1.54, 1.807) is 48.5 Å². The second kappa shape index (κ2) is 59.2. The van der Waals surface area contributed by atoms with Crippen molar-refractivity contribution < 1.29 is 120 Å². The summed E-state index contributed by atoms with van der Waals surface area (Å²) in [6.07, 6.45) is 14.3. The van der Waals surface area contributed by atoms with E-state index in [1.165, 1.54) is 190 Å². The predicted molar refractivity (Wildman–Crippen MR) is 600 cm³/mol. The number of pyridine rings is 4. The molecule has 4 aromatic heterocycles. The van der Waals surface area contributed by atoms with Crippen molar-refractivity contribution >= 4 is 89.0 Å². The molecule has 0 amide bonds. The number of aliphatic hydroxyl groups is 4. The van der Waals surface area contributed by atoms with E-state index in [2.05, 4.69) is 284 Å². The topological polar surface area (TPSA) is 201 Å². The first-order chi connectivity index (χ1) is 68.7. The Hall–Kier alpha value is -12.3. The van der Waals surface area contributed by atoms with Crippen LogP contribution < -0.4 is 0 Å². The molecule has 2 aliphatic carbocycles. The zero-order chi connectivity index (χ0) is 104. The Morgan fingerprint density at radius 3 is 0.764 bits per heavy atom. The molecule has 148 heavy (non-hydrogen) atoms. The molecule has 16 heteroatoms. The van der Waals surface area contributed by atoms with Gasteiger partial charge in [-0.3, -0.25) is 39.1 Å². The van der Waals surface area contributed by atoms with Crippen LogP contribution in [0.15, 0.2) is 314 Å². The molecule has 12 nitrogen and oxygen atoms in total. The van der Waals surface area contributed by atoms with Crippen LogP contribution in [0.25, 0.3) is 111 Å². The molecule has 16 aromatic rings. The molecule has 0 bridgehead atoms. The maximum absolute atomic E-state index is 11.2. The van der Waals surface area contributed by atoms with E-state index in [-0.39, 0.29) is 132 Å². The standard InChI is InChI=1S/C23H24N.C22H22N.C22H24N.C21H22N.4C11H12O2.4Ir/c1-16-12-17(2)14-21(13-16)22-11-10-19-8-9-20(15-23(19)24-22)18-6-4-3-5-7-18;1-15-11-16(2)13-20(12-15)21-10-9-18-7-8-19(14-22(18)23-21)17-5-3-4-6-17;1-15-10-16(2)12-19(11-15)20-9-8-18-7-6-17(13-21(18)23-20)14-22(3,4)5;1-14(2)9-17-5-6-18-7-8-20(22-21(18)13-17)19-11-15(3)10-16(4)12-19;4*1-8(12)11(9(2)13)10-6-4-3-5-7-10;;;;/h8-13,15,18H,3-7H2,1-2H3;7-12,14,17H,3-6H2,1-2H3;6-11,13H,14H2,1-5H3;5-8,10-11,13-14H,9H2,1-4H3;4*3-7,12H,1-2H3;;;;/q4*-1;;;;;;;;. The number of carbonyl (C=O) groups excluding carboxylic acids is 4. The summed E-state index contributed by atoms with van der Waals surface area (Å²) in [5.74, 6) is 1.91. The maximum atomic E-state index is 11.2. The number of rotatable bonds is 17. The van der Waals surface area contributed by atoms with E-state index in [1.807, 2.05) is 72.8 Å². The van der Waals surface area contributed by atoms with Crippen molar-refractivity contribution in [3.63, 3.8) is 0 Å². The summed E-state index contributed by atoms with van der Waals surface area (Å²) in [7, 11) is 0. The smallest absolute Gasteiger partial charge is 0.163 e. The van der Waals surface area contributed by atoms with Crippen molar-refractivity contribution in [2.75, 3.05) is 0 Å².